The fourth-order valence-electron chi connectivity index (χ4n) is 3.57. The number of hydrogen-bond donors (Lipinski definition) is 1. The number of nitrogens with zero attached hydrogens (tertiary/aromatic N) is 3. The highest BCUT2D eigenvalue weighted by Crippen LogP contribution is 2.33. The minimum atomic E-state index is -0.0541. The molecule has 0 radical (unpaired) electrons. The number of ether oxygens (including phenoxy) is 2. The van der Waals surface area contributed by atoms with Crippen LogP contribution in [0.4, 0.5) is 0 Å². The smallest absolute Gasteiger partial charge is 0.254 e. The van der Waals surface area contributed by atoms with Gasteiger partial charge in [0.25, 0.3) is 5.56 Å². The Bertz CT molecular complexity index is 1050. The van der Waals surface area contributed by atoms with E-state index in [2.05, 4.69) is 20.9 Å². The number of H-pyrrole nitrogens is 1. The minimum Gasteiger partial charge on any atom is -0.454 e. The van der Waals surface area contributed by atoms with Crippen LogP contribution in [0.2, 0.25) is 0 Å². The Balaban J connectivity index is 1.40. The van der Waals surface area contributed by atoms with Crippen LogP contribution in [-0.4, -0.2) is 33.2 Å². The summed E-state index contributed by atoms with van der Waals surface area (Å²) in [5.41, 5.74) is 3.53. The summed E-state index contributed by atoms with van der Waals surface area (Å²) in [7, 11) is 0. The first-order valence-corrected chi connectivity index (χ1v) is 8.89. The molecule has 27 heavy (non-hydrogen) atoms. The Hall–Kier alpha value is -3.19. The second-order valence-corrected chi connectivity index (χ2v) is 6.73. The van der Waals surface area contributed by atoms with Crippen LogP contribution < -0.4 is 15.0 Å². The highest BCUT2D eigenvalue weighted by molar-refractivity contribution is 5.53. The SMILES string of the molecule is O=c1[nH]c(-c2cccnc2)nc2c1CCN(Cc1ccc3c(c1)OCO3)C2. The molecule has 136 valence electrons. The molecule has 2 aliphatic rings. The Kier molecular flexibility index (Phi) is 3.86. The quantitative estimate of drug-likeness (QED) is 0.769. The van der Waals surface area contributed by atoms with E-state index >= 15 is 0 Å². The van der Waals surface area contributed by atoms with Crippen molar-refractivity contribution in [3.63, 3.8) is 0 Å². The number of benzene rings is 1. The molecule has 4 heterocycles. The third kappa shape index (κ3) is 3.06. The van der Waals surface area contributed by atoms with Crippen molar-refractivity contribution in [3.8, 4) is 22.9 Å². The van der Waals surface area contributed by atoms with Gasteiger partial charge in [0.1, 0.15) is 5.82 Å². The van der Waals surface area contributed by atoms with Crippen molar-refractivity contribution in [1.82, 2.24) is 19.9 Å². The summed E-state index contributed by atoms with van der Waals surface area (Å²) in [4.78, 5) is 26.5. The molecule has 0 fully saturated rings. The van der Waals surface area contributed by atoms with Crippen molar-refractivity contribution in [3.05, 3.63) is 69.9 Å². The maximum absolute atomic E-state index is 12.5. The van der Waals surface area contributed by atoms with Gasteiger partial charge in [0.05, 0.1) is 5.69 Å². The van der Waals surface area contributed by atoms with Crippen LogP contribution in [0.25, 0.3) is 11.4 Å². The van der Waals surface area contributed by atoms with Gasteiger partial charge in [0, 0.05) is 43.2 Å². The van der Waals surface area contributed by atoms with Crippen molar-refractivity contribution >= 4 is 0 Å². The third-order valence-electron chi connectivity index (χ3n) is 4.93. The molecular weight excluding hydrogens is 344 g/mol. The summed E-state index contributed by atoms with van der Waals surface area (Å²) in [6, 6.07) is 9.74. The molecule has 2 aromatic heterocycles. The first-order chi connectivity index (χ1) is 13.3. The van der Waals surface area contributed by atoms with Gasteiger partial charge in [-0.1, -0.05) is 6.07 Å². The molecule has 0 unspecified atom stereocenters. The van der Waals surface area contributed by atoms with Gasteiger partial charge in [-0.3, -0.25) is 14.7 Å². The zero-order chi connectivity index (χ0) is 18.2. The van der Waals surface area contributed by atoms with Gasteiger partial charge < -0.3 is 14.5 Å². The van der Waals surface area contributed by atoms with E-state index in [0.29, 0.717) is 18.8 Å². The largest absolute Gasteiger partial charge is 0.454 e. The predicted octanol–water partition coefficient (Wildman–Crippen LogP) is 2.12. The van der Waals surface area contributed by atoms with Crippen LogP contribution in [0, 0.1) is 0 Å². The molecule has 2 aliphatic heterocycles. The predicted molar refractivity (Wildman–Crippen MR) is 98.5 cm³/mol. The molecule has 7 nitrogen and oxygen atoms in total. The molecule has 7 heteroatoms. The molecular formula is C20H18N4O3. The molecule has 5 rings (SSSR count). The van der Waals surface area contributed by atoms with Crippen molar-refractivity contribution < 1.29 is 9.47 Å². The van der Waals surface area contributed by atoms with Crippen molar-refractivity contribution in [2.75, 3.05) is 13.3 Å². The van der Waals surface area contributed by atoms with Crippen LogP contribution >= 0.6 is 0 Å². The maximum atomic E-state index is 12.5. The number of aromatic nitrogens is 3. The van der Waals surface area contributed by atoms with Crippen LogP contribution in [-0.2, 0) is 19.5 Å². The monoisotopic (exact) mass is 362 g/mol. The molecule has 1 N–H and O–H groups in total. The molecule has 1 aromatic carbocycles. The van der Waals surface area contributed by atoms with E-state index in [4.69, 9.17) is 14.5 Å². The Morgan fingerprint density at radius 3 is 3.00 bits per heavy atom. The third-order valence-corrected chi connectivity index (χ3v) is 4.93. The summed E-state index contributed by atoms with van der Waals surface area (Å²) in [5.74, 6) is 2.15. The Morgan fingerprint density at radius 1 is 1.19 bits per heavy atom. The summed E-state index contributed by atoms with van der Waals surface area (Å²) >= 11 is 0. The Labute approximate surface area is 155 Å². The lowest BCUT2D eigenvalue weighted by Crippen LogP contribution is -2.35. The average molecular weight is 362 g/mol. The minimum absolute atomic E-state index is 0.0541. The second-order valence-electron chi connectivity index (χ2n) is 6.73. The van der Waals surface area contributed by atoms with E-state index in [9.17, 15) is 4.79 Å². The van der Waals surface area contributed by atoms with Crippen molar-refractivity contribution in [2.45, 2.75) is 19.5 Å². The maximum Gasteiger partial charge on any atom is 0.254 e. The average Bonchev–Trinajstić information content (AvgIpc) is 3.16. The molecule has 0 saturated carbocycles. The van der Waals surface area contributed by atoms with E-state index in [-0.39, 0.29) is 12.4 Å². The molecule has 0 saturated heterocycles. The summed E-state index contributed by atoms with van der Waals surface area (Å²) in [6.07, 6.45) is 4.10. The van der Waals surface area contributed by atoms with E-state index in [1.54, 1.807) is 12.4 Å². The lowest BCUT2D eigenvalue weighted by atomic mass is 10.0. The molecule has 0 atom stereocenters. The normalized spacial score (nSPS) is 15.6. The highest BCUT2D eigenvalue weighted by atomic mass is 16.7. The van der Waals surface area contributed by atoms with Crippen molar-refractivity contribution in [2.24, 2.45) is 0 Å². The number of hydrogen-bond acceptors (Lipinski definition) is 6. The standard InChI is InChI=1S/C20H18N4O3/c25-20-15-5-7-24(10-13-3-4-17-18(8-13)27-12-26-17)11-16(15)22-19(23-20)14-2-1-6-21-9-14/h1-4,6,8-9H,5,7,10-12H2,(H,22,23,25). The van der Waals surface area contributed by atoms with Gasteiger partial charge in [-0.15, -0.1) is 0 Å². The number of rotatable bonds is 3. The van der Waals surface area contributed by atoms with Gasteiger partial charge in [0.2, 0.25) is 6.79 Å². The van der Waals surface area contributed by atoms with Crippen LogP contribution in [0.5, 0.6) is 11.5 Å². The summed E-state index contributed by atoms with van der Waals surface area (Å²) < 4.78 is 10.8. The number of pyridine rings is 1. The summed E-state index contributed by atoms with van der Waals surface area (Å²) in [6.45, 7) is 2.51. The van der Waals surface area contributed by atoms with Gasteiger partial charge in [-0.05, 0) is 36.2 Å². The van der Waals surface area contributed by atoms with E-state index in [1.165, 1.54) is 0 Å². The van der Waals surface area contributed by atoms with E-state index in [1.807, 2.05) is 24.3 Å². The first-order valence-electron chi connectivity index (χ1n) is 8.89. The van der Waals surface area contributed by atoms with Gasteiger partial charge in [-0.25, -0.2) is 4.98 Å². The van der Waals surface area contributed by atoms with E-state index < -0.39 is 0 Å². The summed E-state index contributed by atoms with van der Waals surface area (Å²) in [5, 5.41) is 0. The molecule has 0 spiro atoms. The van der Waals surface area contributed by atoms with Gasteiger partial charge in [-0.2, -0.15) is 0 Å². The zero-order valence-electron chi connectivity index (χ0n) is 14.6. The highest BCUT2D eigenvalue weighted by Gasteiger charge is 2.22. The number of fused-ring (bicyclic) bond motifs is 2. The fraction of sp³-hybridized carbons (Fsp3) is 0.250. The van der Waals surface area contributed by atoms with Gasteiger partial charge in [0.15, 0.2) is 11.5 Å². The first kappa shape index (κ1) is 16.0. The van der Waals surface area contributed by atoms with Crippen LogP contribution in [0.15, 0.2) is 47.5 Å². The lowest BCUT2D eigenvalue weighted by Gasteiger charge is -2.27. The molecule has 0 amide bonds. The molecule has 0 bridgehead atoms. The van der Waals surface area contributed by atoms with Crippen molar-refractivity contribution in [1.29, 1.82) is 0 Å². The Morgan fingerprint density at radius 2 is 2.11 bits per heavy atom. The van der Waals surface area contributed by atoms with Gasteiger partial charge >= 0.3 is 0 Å². The topological polar surface area (TPSA) is 80.3 Å². The second kappa shape index (κ2) is 6.51. The molecule has 0 aliphatic carbocycles. The fourth-order valence-corrected chi connectivity index (χ4v) is 3.57. The zero-order valence-corrected chi connectivity index (χ0v) is 14.6. The number of nitrogens with one attached hydrogen (secondary N) is 1. The molecule has 3 aromatic rings. The van der Waals surface area contributed by atoms with Crippen LogP contribution in [0.3, 0.4) is 0 Å². The van der Waals surface area contributed by atoms with E-state index in [0.717, 1.165) is 47.0 Å². The van der Waals surface area contributed by atoms with Crippen LogP contribution in [0.1, 0.15) is 16.8 Å². The lowest BCUT2D eigenvalue weighted by molar-refractivity contribution is 0.174. The number of aromatic amines is 1.